The molecule has 1 aromatic carbocycles. The number of aromatic carboxylic acids is 1. The molecule has 4 nitrogen and oxygen atoms in total. The number of benzene rings is 1. The Labute approximate surface area is 90.9 Å². The number of halogens is 1. The molecule has 2 aromatic rings. The van der Waals surface area contributed by atoms with Gasteiger partial charge in [0.25, 0.3) is 0 Å². The van der Waals surface area contributed by atoms with Crippen LogP contribution in [0.2, 0.25) is 5.02 Å². The molecule has 0 spiro atoms. The summed E-state index contributed by atoms with van der Waals surface area (Å²) in [5, 5.41) is 16.9. The fraction of sp³-hybridized carbons (Fsp3) is 0.200. The summed E-state index contributed by atoms with van der Waals surface area (Å²) in [5.41, 5.74) is 1.71. The van der Waals surface area contributed by atoms with E-state index in [0.717, 1.165) is 17.5 Å². The first-order valence-electron chi connectivity index (χ1n) is 4.53. The van der Waals surface area contributed by atoms with Crippen LogP contribution in [0.15, 0.2) is 12.1 Å². The fourth-order valence-electron chi connectivity index (χ4n) is 1.52. The SMILES string of the molecule is CCc1[nH]nc2c(Cl)cc(C(=O)O)cc12. The Bertz CT molecular complexity index is 533. The number of rotatable bonds is 2. The van der Waals surface area contributed by atoms with E-state index in [0.29, 0.717) is 10.5 Å². The van der Waals surface area contributed by atoms with Crippen molar-refractivity contribution < 1.29 is 9.90 Å². The first-order valence-corrected chi connectivity index (χ1v) is 4.91. The highest BCUT2D eigenvalue weighted by Gasteiger charge is 2.12. The van der Waals surface area contributed by atoms with E-state index in [4.69, 9.17) is 16.7 Å². The number of H-pyrrole nitrogens is 1. The van der Waals surface area contributed by atoms with Crippen molar-refractivity contribution >= 4 is 28.5 Å². The fourth-order valence-corrected chi connectivity index (χ4v) is 1.78. The van der Waals surface area contributed by atoms with Crippen molar-refractivity contribution in [3.05, 3.63) is 28.4 Å². The summed E-state index contributed by atoms with van der Waals surface area (Å²) < 4.78 is 0. The lowest BCUT2D eigenvalue weighted by molar-refractivity contribution is 0.0697. The van der Waals surface area contributed by atoms with Crippen molar-refractivity contribution in [2.24, 2.45) is 0 Å². The number of carboxylic acid groups (broad SMARTS) is 1. The highest BCUT2D eigenvalue weighted by atomic mass is 35.5. The third kappa shape index (κ3) is 1.57. The quantitative estimate of drug-likeness (QED) is 0.824. The van der Waals surface area contributed by atoms with Crippen LogP contribution in [0.3, 0.4) is 0 Å². The molecule has 0 unspecified atom stereocenters. The van der Waals surface area contributed by atoms with Gasteiger partial charge in [-0.05, 0) is 18.6 Å². The maximum Gasteiger partial charge on any atom is 0.335 e. The molecule has 5 heteroatoms. The molecule has 2 N–H and O–H groups in total. The molecule has 1 heterocycles. The summed E-state index contributed by atoms with van der Waals surface area (Å²) in [4.78, 5) is 10.8. The third-order valence-electron chi connectivity index (χ3n) is 2.29. The number of fused-ring (bicyclic) bond motifs is 1. The Morgan fingerprint density at radius 2 is 2.33 bits per heavy atom. The van der Waals surface area contributed by atoms with Crippen LogP contribution in [0.4, 0.5) is 0 Å². The van der Waals surface area contributed by atoms with Gasteiger partial charge < -0.3 is 5.11 Å². The molecule has 0 aliphatic carbocycles. The van der Waals surface area contributed by atoms with Gasteiger partial charge in [0.2, 0.25) is 0 Å². The minimum absolute atomic E-state index is 0.184. The van der Waals surface area contributed by atoms with Crippen LogP contribution in [0.25, 0.3) is 10.9 Å². The van der Waals surface area contributed by atoms with Crippen LogP contribution in [-0.4, -0.2) is 21.3 Å². The zero-order valence-corrected chi connectivity index (χ0v) is 8.80. The average Bonchev–Trinajstić information content (AvgIpc) is 2.60. The number of carboxylic acids is 1. The van der Waals surface area contributed by atoms with Gasteiger partial charge in [-0.25, -0.2) is 4.79 Å². The predicted octanol–water partition coefficient (Wildman–Crippen LogP) is 2.48. The average molecular weight is 225 g/mol. The van der Waals surface area contributed by atoms with Crippen LogP contribution in [0.1, 0.15) is 23.0 Å². The van der Waals surface area contributed by atoms with Crippen LogP contribution in [0, 0.1) is 0 Å². The summed E-state index contributed by atoms with van der Waals surface area (Å²) in [6, 6.07) is 3.00. The molecule has 0 saturated carbocycles. The van der Waals surface area contributed by atoms with Crippen molar-refractivity contribution in [2.75, 3.05) is 0 Å². The number of nitrogens with zero attached hydrogens (tertiary/aromatic N) is 1. The second kappa shape index (κ2) is 3.55. The second-order valence-corrected chi connectivity index (χ2v) is 3.62. The van der Waals surface area contributed by atoms with Crippen LogP contribution in [0.5, 0.6) is 0 Å². The van der Waals surface area contributed by atoms with Crippen LogP contribution >= 0.6 is 11.6 Å². The summed E-state index contributed by atoms with van der Waals surface area (Å²) in [6.07, 6.45) is 0.760. The van der Waals surface area contributed by atoms with Crippen molar-refractivity contribution in [3.63, 3.8) is 0 Å². The number of aromatic nitrogens is 2. The maximum atomic E-state index is 10.8. The number of hydrogen-bond acceptors (Lipinski definition) is 2. The molecule has 78 valence electrons. The van der Waals surface area contributed by atoms with Gasteiger partial charge in [0, 0.05) is 11.1 Å². The molecule has 2 rings (SSSR count). The first kappa shape index (κ1) is 9.98. The molecule has 0 atom stereocenters. The highest BCUT2D eigenvalue weighted by molar-refractivity contribution is 6.35. The number of hydrogen-bond donors (Lipinski definition) is 2. The van der Waals surface area contributed by atoms with Crippen molar-refractivity contribution in [1.82, 2.24) is 10.2 Å². The van der Waals surface area contributed by atoms with Gasteiger partial charge in [-0.1, -0.05) is 18.5 Å². The van der Waals surface area contributed by atoms with E-state index in [1.165, 1.54) is 6.07 Å². The Kier molecular flexibility index (Phi) is 2.36. The Hall–Kier alpha value is -1.55. The number of aryl methyl sites for hydroxylation is 1. The van der Waals surface area contributed by atoms with Crippen LogP contribution in [-0.2, 0) is 6.42 Å². The van der Waals surface area contributed by atoms with E-state index in [2.05, 4.69) is 10.2 Å². The molecular weight excluding hydrogens is 216 g/mol. The van der Waals surface area contributed by atoms with E-state index in [-0.39, 0.29) is 5.56 Å². The molecule has 0 aliphatic heterocycles. The van der Waals surface area contributed by atoms with E-state index < -0.39 is 5.97 Å². The molecular formula is C10H9ClN2O2. The van der Waals surface area contributed by atoms with Gasteiger partial charge in [-0.3, -0.25) is 5.10 Å². The lowest BCUT2D eigenvalue weighted by atomic mass is 10.1. The number of nitrogens with one attached hydrogen (secondary N) is 1. The van der Waals surface area contributed by atoms with Crippen molar-refractivity contribution in [2.45, 2.75) is 13.3 Å². The van der Waals surface area contributed by atoms with Gasteiger partial charge in [0.05, 0.1) is 10.6 Å². The molecule has 0 fully saturated rings. The molecule has 1 aromatic heterocycles. The minimum atomic E-state index is -0.984. The van der Waals surface area contributed by atoms with Gasteiger partial charge in [-0.2, -0.15) is 5.10 Å². The molecule has 0 amide bonds. The number of aromatic amines is 1. The van der Waals surface area contributed by atoms with E-state index in [9.17, 15) is 4.79 Å². The van der Waals surface area contributed by atoms with E-state index >= 15 is 0 Å². The Balaban J connectivity index is 2.77. The van der Waals surface area contributed by atoms with E-state index in [1.807, 2.05) is 6.92 Å². The van der Waals surface area contributed by atoms with E-state index in [1.54, 1.807) is 6.07 Å². The topological polar surface area (TPSA) is 66.0 Å². The zero-order chi connectivity index (χ0) is 11.0. The van der Waals surface area contributed by atoms with Gasteiger partial charge >= 0.3 is 5.97 Å². The zero-order valence-electron chi connectivity index (χ0n) is 8.04. The first-order chi connectivity index (χ1) is 7.13. The monoisotopic (exact) mass is 224 g/mol. The Morgan fingerprint density at radius 1 is 1.60 bits per heavy atom. The Morgan fingerprint density at radius 3 is 2.93 bits per heavy atom. The van der Waals surface area contributed by atoms with Gasteiger partial charge in [-0.15, -0.1) is 0 Å². The second-order valence-electron chi connectivity index (χ2n) is 3.22. The van der Waals surface area contributed by atoms with Gasteiger partial charge in [0.15, 0.2) is 0 Å². The maximum absolute atomic E-state index is 10.8. The lowest BCUT2D eigenvalue weighted by Crippen LogP contribution is -1.96. The molecule has 0 aliphatic rings. The smallest absolute Gasteiger partial charge is 0.335 e. The van der Waals surface area contributed by atoms with Crippen molar-refractivity contribution in [1.29, 1.82) is 0 Å². The molecule has 15 heavy (non-hydrogen) atoms. The lowest BCUT2D eigenvalue weighted by Gasteiger charge is -1.98. The summed E-state index contributed by atoms with van der Waals surface area (Å²) in [7, 11) is 0. The molecule has 0 radical (unpaired) electrons. The third-order valence-corrected chi connectivity index (χ3v) is 2.58. The van der Waals surface area contributed by atoms with Crippen LogP contribution < -0.4 is 0 Å². The standard InChI is InChI=1S/C10H9ClN2O2/c1-2-8-6-3-5(10(14)15)4-7(11)9(6)13-12-8/h3-4H,2H2,1H3,(H,12,13)(H,14,15). The summed E-state index contributed by atoms with van der Waals surface area (Å²) >= 11 is 5.93. The molecule has 0 bridgehead atoms. The highest BCUT2D eigenvalue weighted by Crippen LogP contribution is 2.26. The number of carbonyl (C=O) groups is 1. The normalized spacial score (nSPS) is 10.8. The summed E-state index contributed by atoms with van der Waals surface area (Å²) in [6.45, 7) is 1.97. The predicted molar refractivity (Wildman–Crippen MR) is 57.4 cm³/mol. The van der Waals surface area contributed by atoms with Gasteiger partial charge in [0.1, 0.15) is 5.52 Å². The minimum Gasteiger partial charge on any atom is -0.478 e. The van der Waals surface area contributed by atoms with Crippen molar-refractivity contribution in [3.8, 4) is 0 Å². The largest absolute Gasteiger partial charge is 0.478 e. The summed E-state index contributed by atoms with van der Waals surface area (Å²) in [5.74, 6) is -0.984. The molecule has 0 saturated heterocycles.